The molecule has 2 rings (SSSR count). The van der Waals surface area contributed by atoms with Crippen LogP contribution in [0.25, 0.3) is 11.1 Å². The van der Waals surface area contributed by atoms with Gasteiger partial charge in [0.2, 0.25) is 5.91 Å². The van der Waals surface area contributed by atoms with Crippen LogP contribution in [0.2, 0.25) is 5.02 Å². The van der Waals surface area contributed by atoms with Crippen LogP contribution >= 0.6 is 19.2 Å². The van der Waals surface area contributed by atoms with Crippen molar-refractivity contribution in [1.29, 1.82) is 0 Å². The molecule has 1 unspecified atom stereocenters. The fourth-order valence-electron chi connectivity index (χ4n) is 2.37. The smallest absolute Gasteiger partial charge is 0.329 e. The van der Waals surface area contributed by atoms with Crippen LogP contribution in [0.3, 0.4) is 0 Å². The number of rotatable bonds is 6. The predicted molar refractivity (Wildman–Crippen MR) is 93.5 cm³/mol. The van der Waals surface area contributed by atoms with E-state index in [9.17, 15) is 19.1 Å². The molecule has 8 heteroatoms. The van der Waals surface area contributed by atoms with Gasteiger partial charge in [-0.25, -0.2) is 0 Å². The number of hydrogen-bond donors (Lipinski definition) is 4. The van der Waals surface area contributed by atoms with Gasteiger partial charge in [-0.3, -0.25) is 9.36 Å². The van der Waals surface area contributed by atoms with Gasteiger partial charge in [0.15, 0.2) is 0 Å². The van der Waals surface area contributed by atoms with E-state index < -0.39 is 25.7 Å². The highest BCUT2D eigenvalue weighted by Crippen LogP contribution is 2.40. The number of amides is 1. The van der Waals surface area contributed by atoms with Gasteiger partial charge in [0.1, 0.15) is 0 Å². The van der Waals surface area contributed by atoms with Gasteiger partial charge in [-0.05, 0) is 40.8 Å². The Morgan fingerprint density at radius 1 is 1.08 bits per heavy atom. The lowest BCUT2D eigenvalue weighted by atomic mass is 9.97. The summed E-state index contributed by atoms with van der Waals surface area (Å²) in [5.74, 6) is -0.636. The van der Waals surface area contributed by atoms with Crippen LogP contribution < -0.4 is 11.5 Å². The SMILES string of the molecule is NC(=O)C(N)Cc1cc(CP(=O)(O)O)cc(-c2ccc(Cl)cc2)c1. The Morgan fingerprint density at radius 2 is 1.67 bits per heavy atom. The number of nitrogens with two attached hydrogens (primary N) is 2. The predicted octanol–water partition coefficient (Wildman–Crippen LogP) is 2.04. The van der Waals surface area contributed by atoms with Gasteiger partial charge in [0.05, 0.1) is 12.2 Å². The first kappa shape index (κ1) is 18.6. The lowest BCUT2D eigenvalue weighted by Crippen LogP contribution is -2.38. The zero-order valence-corrected chi connectivity index (χ0v) is 14.4. The van der Waals surface area contributed by atoms with E-state index in [1.807, 2.05) is 6.07 Å². The van der Waals surface area contributed by atoms with Crippen molar-refractivity contribution < 1.29 is 19.1 Å². The first-order valence-corrected chi connectivity index (χ1v) is 9.30. The van der Waals surface area contributed by atoms with Crippen LogP contribution in [-0.2, 0) is 21.9 Å². The molecule has 0 bridgehead atoms. The molecule has 0 aliphatic carbocycles. The van der Waals surface area contributed by atoms with Crippen LogP contribution in [0, 0.1) is 0 Å². The Hall–Kier alpha value is -1.69. The van der Waals surface area contributed by atoms with E-state index in [1.165, 1.54) is 0 Å². The molecule has 0 fully saturated rings. The molecule has 0 saturated heterocycles. The van der Waals surface area contributed by atoms with Crippen LogP contribution in [0.4, 0.5) is 0 Å². The first-order chi connectivity index (χ1) is 11.1. The van der Waals surface area contributed by atoms with E-state index in [-0.39, 0.29) is 6.42 Å². The molecule has 6 nitrogen and oxygen atoms in total. The maximum absolute atomic E-state index is 11.3. The number of carbonyl (C=O) groups excluding carboxylic acids is 1. The second-order valence-electron chi connectivity index (χ2n) is 5.58. The number of primary amides is 1. The first-order valence-electron chi connectivity index (χ1n) is 7.12. The fraction of sp³-hybridized carbons (Fsp3) is 0.188. The summed E-state index contributed by atoms with van der Waals surface area (Å²) in [6, 6.07) is 11.3. The Bertz CT molecular complexity index is 789. The quantitative estimate of drug-likeness (QED) is 0.580. The Kier molecular flexibility index (Phi) is 5.80. The maximum atomic E-state index is 11.3. The average Bonchev–Trinajstić information content (AvgIpc) is 2.45. The highest BCUT2D eigenvalue weighted by molar-refractivity contribution is 7.50. The van der Waals surface area contributed by atoms with Crippen molar-refractivity contribution in [3.05, 3.63) is 58.6 Å². The number of hydrogen-bond acceptors (Lipinski definition) is 3. The van der Waals surface area contributed by atoms with Crippen LogP contribution in [0.1, 0.15) is 11.1 Å². The minimum atomic E-state index is -4.22. The molecule has 2 aromatic rings. The molecule has 2 aromatic carbocycles. The van der Waals surface area contributed by atoms with Gasteiger partial charge >= 0.3 is 7.60 Å². The molecule has 0 aromatic heterocycles. The summed E-state index contributed by atoms with van der Waals surface area (Å²) in [5, 5.41) is 0.584. The lowest BCUT2D eigenvalue weighted by molar-refractivity contribution is -0.119. The van der Waals surface area contributed by atoms with Crippen molar-refractivity contribution in [2.75, 3.05) is 0 Å². The molecule has 0 spiro atoms. The van der Waals surface area contributed by atoms with Crippen molar-refractivity contribution in [2.45, 2.75) is 18.6 Å². The molecular weight excluding hydrogens is 351 g/mol. The Labute approximate surface area is 144 Å². The Morgan fingerprint density at radius 3 is 2.21 bits per heavy atom. The molecule has 24 heavy (non-hydrogen) atoms. The third-order valence-electron chi connectivity index (χ3n) is 3.44. The van der Waals surface area contributed by atoms with E-state index in [2.05, 4.69) is 0 Å². The summed E-state index contributed by atoms with van der Waals surface area (Å²) in [6.45, 7) is 0. The number of benzene rings is 2. The van der Waals surface area contributed by atoms with E-state index in [1.54, 1.807) is 36.4 Å². The molecule has 128 valence electrons. The van der Waals surface area contributed by atoms with Gasteiger partial charge in [-0.2, -0.15) is 0 Å². The molecule has 0 aliphatic rings. The molecule has 1 amide bonds. The molecule has 0 aliphatic heterocycles. The van der Waals surface area contributed by atoms with Gasteiger partial charge in [-0.15, -0.1) is 0 Å². The van der Waals surface area contributed by atoms with E-state index >= 15 is 0 Å². The van der Waals surface area contributed by atoms with Crippen molar-refractivity contribution in [3.63, 3.8) is 0 Å². The minimum absolute atomic E-state index is 0.185. The lowest BCUT2D eigenvalue weighted by Gasteiger charge is -2.13. The molecular formula is C16H18ClN2O4P. The normalized spacial score (nSPS) is 12.8. The largest absolute Gasteiger partial charge is 0.368 e. The summed E-state index contributed by atoms with van der Waals surface area (Å²) in [5.41, 5.74) is 13.6. The monoisotopic (exact) mass is 368 g/mol. The van der Waals surface area contributed by atoms with Gasteiger partial charge in [0, 0.05) is 5.02 Å². The zero-order chi connectivity index (χ0) is 17.9. The van der Waals surface area contributed by atoms with Gasteiger partial charge < -0.3 is 21.3 Å². The molecule has 0 heterocycles. The number of halogens is 1. The van der Waals surface area contributed by atoms with Crippen LogP contribution in [-0.4, -0.2) is 21.7 Å². The third-order valence-corrected chi connectivity index (χ3v) is 4.47. The standard InChI is InChI=1S/C16H18ClN2O4P/c17-14-3-1-12(2-4-14)13-6-10(8-15(18)16(19)20)5-11(7-13)9-24(21,22)23/h1-7,15H,8-9,18H2,(H2,19,20)(H2,21,22,23). The summed E-state index contributed by atoms with van der Waals surface area (Å²) >= 11 is 5.88. The van der Waals surface area contributed by atoms with Crippen LogP contribution in [0.15, 0.2) is 42.5 Å². The molecule has 0 saturated carbocycles. The molecule has 6 N–H and O–H groups in total. The summed E-state index contributed by atoms with van der Waals surface area (Å²) in [7, 11) is -4.22. The van der Waals surface area contributed by atoms with Crippen molar-refractivity contribution >= 4 is 25.1 Å². The highest BCUT2D eigenvalue weighted by atomic mass is 35.5. The highest BCUT2D eigenvalue weighted by Gasteiger charge is 2.17. The molecule has 1 atom stereocenters. The maximum Gasteiger partial charge on any atom is 0.329 e. The van der Waals surface area contributed by atoms with E-state index in [4.69, 9.17) is 23.1 Å². The van der Waals surface area contributed by atoms with E-state index in [0.717, 1.165) is 11.1 Å². The van der Waals surface area contributed by atoms with Crippen molar-refractivity contribution in [1.82, 2.24) is 0 Å². The second-order valence-corrected chi connectivity index (χ2v) is 7.66. The second kappa shape index (κ2) is 7.47. The summed E-state index contributed by atoms with van der Waals surface area (Å²) in [6.07, 6.45) is -0.210. The fourth-order valence-corrected chi connectivity index (χ4v) is 3.16. The topological polar surface area (TPSA) is 127 Å². The van der Waals surface area contributed by atoms with Gasteiger partial charge in [0.25, 0.3) is 0 Å². The third kappa shape index (κ3) is 5.44. The average molecular weight is 369 g/mol. The summed E-state index contributed by atoms with van der Waals surface area (Å²) < 4.78 is 11.3. The van der Waals surface area contributed by atoms with E-state index in [0.29, 0.717) is 16.1 Å². The Balaban J connectivity index is 2.45. The minimum Gasteiger partial charge on any atom is -0.368 e. The van der Waals surface area contributed by atoms with Gasteiger partial charge in [-0.1, -0.05) is 41.9 Å². The summed E-state index contributed by atoms with van der Waals surface area (Å²) in [4.78, 5) is 29.6. The van der Waals surface area contributed by atoms with Crippen molar-refractivity contribution in [2.24, 2.45) is 11.5 Å². The van der Waals surface area contributed by atoms with Crippen LogP contribution in [0.5, 0.6) is 0 Å². The van der Waals surface area contributed by atoms with Crippen molar-refractivity contribution in [3.8, 4) is 11.1 Å². The zero-order valence-electron chi connectivity index (χ0n) is 12.7. The number of carbonyl (C=O) groups is 1. The molecule has 0 radical (unpaired) electrons.